The smallest absolute Gasteiger partial charge is 0.251 e. The van der Waals surface area contributed by atoms with Crippen molar-refractivity contribution in [3.8, 4) is 0 Å². The molecule has 228 valence electrons. The fourth-order valence-electron chi connectivity index (χ4n) is 5.06. The fourth-order valence-corrected chi connectivity index (χ4v) is 5.06. The van der Waals surface area contributed by atoms with Crippen LogP contribution in [-0.2, 0) is 14.3 Å². The largest absolute Gasteiger partial charge is 0.377 e. The quantitative estimate of drug-likeness (QED) is 0.131. The van der Waals surface area contributed by atoms with Crippen LogP contribution in [0.3, 0.4) is 0 Å². The van der Waals surface area contributed by atoms with Crippen LogP contribution in [0.2, 0.25) is 0 Å². The Labute approximate surface area is 245 Å². The molecule has 40 heavy (non-hydrogen) atoms. The molecule has 1 rings (SSSR count). The molecule has 0 heterocycles. The number of carbonyl (C=O) groups is 2. The van der Waals surface area contributed by atoms with Crippen LogP contribution >= 0.6 is 0 Å². The number of nitrogens with one attached hydrogen (secondary N) is 2. The summed E-state index contributed by atoms with van der Waals surface area (Å²) in [4.78, 5) is 25.1. The first-order valence-corrected chi connectivity index (χ1v) is 15.1. The van der Waals surface area contributed by atoms with Crippen molar-refractivity contribution in [2.75, 3.05) is 39.5 Å². The van der Waals surface area contributed by atoms with Gasteiger partial charge in [0.1, 0.15) is 0 Å². The molecule has 0 saturated carbocycles. The normalized spacial score (nSPS) is 14.2. The second-order valence-electron chi connectivity index (χ2n) is 13.3. The Balaban J connectivity index is 2.38. The molecule has 0 aromatic heterocycles. The molecule has 2 amide bonds. The molecular formula is C34H58N2O4. The Bertz CT molecular complexity index is 908. The van der Waals surface area contributed by atoms with Crippen molar-refractivity contribution >= 4 is 11.8 Å². The van der Waals surface area contributed by atoms with Crippen LogP contribution in [0.5, 0.6) is 0 Å². The zero-order valence-electron chi connectivity index (χ0n) is 27.0. The number of rotatable bonds is 20. The van der Waals surface area contributed by atoms with Crippen LogP contribution in [0.15, 0.2) is 42.5 Å². The number of hydrogen-bond donors (Lipinski definition) is 2. The third-order valence-corrected chi connectivity index (χ3v) is 8.40. The van der Waals surface area contributed by atoms with E-state index in [1.807, 2.05) is 32.0 Å². The first kappa shape index (κ1) is 35.8. The molecule has 0 bridgehead atoms. The number of hydrogen-bond acceptors (Lipinski definition) is 4. The highest BCUT2D eigenvalue weighted by Gasteiger charge is 2.44. The lowest BCUT2D eigenvalue weighted by molar-refractivity contribution is -0.132. The van der Waals surface area contributed by atoms with Crippen molar-refractivity contribution in [1.29, 1.82) is 0 Å². The summed E-state index contributed by atoms with van der Waals surface area (Å²) in [6.45, 7) is 22.8. The molecule has 1 aromatic carbocycles. The Morgan fingerprint density at radius 2 is 1.40 bits per heavy atom. The van der Waals surface area contributed by atoms with E-state index in [-0.39, 0.29) is 22.6 Å². The van der Waals surface area contributed by atoms with Gasteiger partial charge in [0.25, 0.3) is 5.91 Å². The van der Waals surface area contributed by atoms with Crippen LogP contribution < -0.4 is 10.6 Å². The minimum Gasteiger partial charge on any atom is -0.377 e. The Morgan fingerprint density at radius 3 is 1.95 bits per heavy atom. The number of carbonyl (C=O) groups excluding carboxylic acids is 2. The summed E-state index contributed by atoms with van der Waals surface area (Å²) < 4.78 is 11.2. The molecule has 0 aliphatic carbocycles. The second kappa shape index (κ2) is 16.9. The molecule has 6 heteroatoms. The van der Waals surface area contributed by atoms with Crippen LogP contribution in [0.25, 0.3) is 0 Å². The van der Waals surface area contributed by atoms with Crippen molar-refractivity contribution in [2.45, 2.75) is 94.4 Å². The molecule has 1 aromatic rings. The number of benzene rings is 1. The van der Waals surface area contributed by atoms with Crippen LogP contribution in [0.4, 0.5) is 0 Å². The first-order valence-electron chi connectivity index (χ1n) is 15.1. The molecule has 0 saturated heterocycles. The van der Waals surface area contributed by atoms with Gasteiger partial charge in [0.05, 0.1) is 26.4 Å². The Hall–Kier alpha value is -2.18. The SMILES string of the molecule is CCCC(C)(C=CCC(C)(C)CC)C(C)(C)CC(C)(C)C(=O)NCCOCCOCCNC(=O)c1ccccc1. The highest BCUT2D eigenvalue weighted by molar-refractivity contribution is 5.94. The summed E-state index contributed by atoms with van der Waals surface area (Å²) in [5.41, 5.74) is 0.406. The maximum Gasteiger partial charge on any atom is 0.251 e. The van der Waals surface area contributed by atoms with E-state index in [1.54, 1.807) is 12.1 Å². The van der Waals surface area contributed by atoms with Gasteiger partial charge < -0.3 is 20.1 Å². The highest BCUT2D eigenvalue weighted by Crippen LogP contribution is 2.50. The highest BCUT2D eigenvalue weighted by atomic mass is 16.5. The predicted molar refractivity (Wildman–Crippen MR) is 166 cm³/mol. The zero-order valence-corrected chi connectivity index (χ0v) is 27.0. The zero-order chi connectivity index (χ0) is 30.3. The third-order valence-electron chi connectivity index (χ3n) is 8.40. The van der Waals surface area contributed by atoms with E-state index in [0.717, 1.165) is 32.1 Å². The van der Waals surface area contributed by atoms with E-state index >= 15 is 0 Å². The Morgan fingerprint density at radius 1 is 0.825 bits per heavy atom. The molecule has 0 fully saturated rings. The van der Waals surface area contributed by atoms with E-state index in [9.17, 15) is 9.59 Å². The summed E-state index contributed by atoms with van der Waals surface area (Å²) in [6, 6.07) is 9.11. The van der Waals surface area contributed by atoms with Gasteiger partial charge in [0.2, 0.25) is 5.91 Å². The molecule has 0 spiro atoms. The standard InChI is InChI=1S/C34H58N2O4/c1-10-18-34(9,20-15-19-31(3,4)11-2)33(7,8)27-32(5,6)30(38)36-22-24-40-26-25-39-23-21-35-29(37)28-16-13-12-14-17-28/h12-17,20H,10-11,18-19,21-27H2,1-9H3,(H,35,37)(H,36,38). The van der Waals surface area contributed by atoms with Crippen molar-refractivity contribution in [3.05, 3.63) is 48.0 Å². The minimum atomic E-state index is -0.498. The molecule has 0 radical (unpaired) electrons. The van der Waals surface area contributed by atoms with Gasteiger partial charge in [-0.3, -0.25) is 9.59 Å². The van der Waals surface area contributed by atoms with E-state index < -0.39 is 5.41 Å². The van der Waals surface area contributed by atoms with Gasteiger partial charge >= 0.3 is 0 Å². The van der Waals surface area contributed by atoms with Gasteiger partial charge in [0, 0.05) is 24.1 Å². The van der Waals surface area contributed by atoms with Crippen molar-refractivity contribution in [3.63, 3.8) is 0 Å². The van der Waals surface area contributed by atoms with E-state index in [0.29, 0.717) is 50.5 Å². The minimum absolute atomic E-state index is 0.0105. The molecule has 1 unspecified atom stereocenters. The molecular weight excluding hydrogens is 500 g/mol. The van der Waals surface area contributed by atoms with Crippen LogP contribution in [0, 0.1) is 21.7 Å². The van der Waals surface area contributed by atoms with Gasteiger partial charge in [-0.2, -0.15) is 0 Å². The lowest BCUT2D eigenvalue weighted by Gasteiger charge is -2.46. The fraction of sp³-hybridized carbons (Fsp3) is 0.706. The molecule has 1 atom stereocenters. The summed E-state index contributed by atoms with van der Waals surface area (Å²) in [5, 5.41) is 5.90. The molecule has 6 nitrogen and oxygen atoms in total. The number of amides is 2. The van der Waals surface area contributed by atoms with Gasteiger partial charge in [0.15, 0.2) is 0 Å². The van der Waals surface area contributed by atoms with Crippen LogP contribution in [0.1, 0.15) is 105 Å². The first-order chi connectivity index (χ1) is 18.7. The molecule has 0 aliphatic rings. The average molecular weight is 559 g/mol. The van der Waals surface area contributed by atoms with E-state index in [2.05, 4.69) is 71.3 Å². The molecule has 2 N–H and O–H groups in total. The number of ether oxygens (including phenoxy) is 2. The summed E-state index contributed by atoms with van der Waals surface area (Å²) >= 11 is 0. The lowest BCUT2D eigenvalue weighted by Crippen LogP contribution is -2.44. The topological polar surface area (TPSA) is 76.7 Å². The number of allylic oxidation sites excluding steroid dienone is 2. The maximum atomic E-state index is 13.1. The third kappa shape index (κ3) is 12.6. The lowest BCUT2D eigenvalue weighted by atomic mass is 9.58. The van der Waals surface area contributed by atoms with Gasteiger partial charge in [-0.25, -0.2) is 0 Å². The predicted octanol–water partition coefficient (Wildman–Crippen LogP) is 7.20. The van der Waals surface area contributed by atoms with Gasteiger partial charge in [-0.1, -0.05) is 106 Å². The monoisotopic (exact) mass is 558 g/mol. The maximum absolute atomic E-state index is 13.1. The van der Waals surface area contributed by atoms with Crippen molar-refractivity contribution in [1.82, 2.24) is 10.6 Å². The van der Waals surface area contributed by atoms with Gasteiger partial charge in [-0.15, -0.1) is 0 Å². The van der Waals surface area contributed by atoms with E-state index in [1.165, 1.54) is 0 Å². The van der Waals surface area contributed by atoms with Crippen molar-refractivity contribution in [2.24, 2.45) is 21.7 Å². The second-order valence-corrected chi connectivity index (χ2v) is 13.3. The Kier molecular flexibility index (Phi) is 15.2. The van der Waals surface area contributed by atoms with E-state index in [4.69, 9.17) is 9.47 Å². The van der Waals surface area contributed by atoms with Crippen molar-refractivity contribution < 1.29 is 19.1 Å². The summed E-state index contributed by atoms with van der Waals surface area (Å²) in [7, 11) is 0. The van der Waals surface area contributed by atoms with Crippen LogP contribution in [-0.4, -0.2) is 51.3 Å². The summed E-state index contributed by atoms with van der Waals surface area (Å²) in [5.74, 6) is -0.0468. The van der Waals surface area contributed by atoms with Gasteiger partial charge in [-0.05, 0) is 47.6 Å². The average Bonchev–Trinajstić information content (AvgIpc) is 2.89. The summed E-state index contributed by atoms with van der Waals surface area (Å²) in [6.07, 6.45) is 10.0. The molecule has 0 aliphatic heterocycles.